The molecular formula is C20H15ClFNO2. The van der Waals surface area contributed by atoms with Crippen molar-refractivity contribution in [1.29, 1.82) is 0 Å². The maximum atomic E-state index is 13.4. The fourth-order valence-corrected chi connectivity index (χ4v) is 3.05. The Kier molecular flexibility index (Phi) is 4.28. The number of hydrogen-bond donors (Lipinski definition) is 0. The van der Waals surface area contributed by atoms with Crippen LogP contribution in [-0.4, -0.2) is 11.6 Å². The zero-order valence-electron chi connectivity index (χ0n) is 13.3. The lowest BCUT2D eigenvalue weighted by Gasteiger charge is -2.26. The van der Waals surface area contributed by atoms with Crippen LogP contribution in [-0.2, 0) is 6.42 Å². The van der Waals surface area contributed by atoms with Crippen LogP contribution in [0, 0.1) is 5.82 Å². The van der Waals surface area contributed by atoms with Gasteiger partial charge in [0.2, 0.25) is 5.88 Å². The largest absolute Gasteiger partial charge is 0.493 e. The molecule has 3 nitrogen and oxygen atoms in total. The molecule has 0 aliphatic carbocycles. The number of benzene rings is 2. The summed E-state index contributed by atoms with van der Waals surface area (Å²) >= 11 is 5.82. The Morgan fingerprint density at radius 2 is 2.04 bits per heavy atom. The van der Waals surface area contributed by atoms with Gasteiger partial charge in [-0.25, -0.2) is 9.37 Å². The fourth-order valence-electron chi connectivity index (χ4n) is 2.93. The molecule has 126 valence electrons. The zero-order chi connectivity index (χ0) is 17.2. The summed E-state index contributed by atoms with van der Waals surface area (Å²) in [5.41, 5.74) is 2.04. The third-order valence-corrected chi connectivity index (χ3v) is 4.41. The van der Waals surface area contributed by atoms with Gasteiger partial charge in [0.25, 0.3) is 0 Å². The van der Waals surface area contributed by atoms with Crippen LogP contribution in [0.5, 0.6) is 17.4 Å². The highest BCUT2D eigenvalue weighted by atomic mass is 35.5. The van der Waals surface area contributed by atoms with E-state index in [-0.39, 0.29) is 11.7 Å². The van der Waals surface area contributed by atoms with Crippen molar-refractivity contribution in [2.75, 3.05) is 6.61 Å². The van der Waals surface area contributed by atoms with Gasteiger partial charge in [0.1, 0.15) is 17.3 Å². The van der Waals surface area contributed by atoms with Gasteiger partial charge in [0.15, 0.2) is 0 Å². The minimum absolute atomic E-state index is 0.146. The Bertz CT molecular complexity index is 898. The first kappa shape index (κ1) is 15.9. The second kappa shape index (κ2) is 6.73. The number of aromatic nitrogens is 1. The summed E-state index contributed by atoms with van der Waals surface area (Å²) in [5, 5.41) is 0.560. The summed E-state index contributed by atoms with van der Waals surface area (Å²) in [7, 11) is 0. The van der Waals surface area contributed by atoms with Gasteiger partial charge in [0.05, 0.1) is 11.6 Å². The SMILES string of the molecule is Fc1cccc(C2COc3cc(Oc4ccc(Cl)cn4)ccc3C2)c1. The maximum Gasteiger partial charge on any atom is 0.219 e. The minimum atomic E-state index is -0.220. The van der Waals surface area contributed by atoms with Crippen molar-refractivity contribution < 1.29 is 13.9 Å². The topological polar surface area (TPSA) is 31.4 Å². The highest BCUT2D eigenvalue weighted by Crippen LogP contribution is 2.36. The van der Waals surface area contributed by atoms with Crippen LogP contribution < -0.4 is 9.47 Å². The highest BCUT2D eigenvalue weighted by Gasteiger charge is 2.22. The molecule has 1 aromatic heterocycles. The summed E-state index contributed by atoms with van der Waals surface area (Å²) in [6, 6.07) is 15.8. The fraction of sp³-hybridized carbons (Fsp3) is 0.150. The molecule has 0 saturated heterocycles. The van der Waals surface area contributed by atoms with Gasteiger partial charge in [-0.05, 0) is 41.8 Å². The Morgan fingerprint density at radius 1 is 1.12 bits per heavy atom. The molecule has 3 aromatic rings. The lowest BCUT2D eigenvalue weighted by Crippen LogP contribution is -2.19. The van der Waals surface area contributed by atoms with E-state index in [2.05, 4.69) is 4.98 Å². The molecule has 0 radical (unpaired) electrons. The molecule has 1 unspecified atom stereocenters. The molecule has 0 N–H and O–H groups in total. The molecule has 2 heterocycles. The van der Waals surface area contributed by atoms with Crippen LogP contribution in [0.3, 0.4) is 0 Å². The monoisotopic (exact) mass is 355 g/mol. The van der Waals surface area contributed by atoms with Crippen LogP contribution in [0.1, 0.15) is 17.0 Å². The molecule has 1 atom stereocenters. The number of fused-ring (bicyclic) bond motifs is 1. The van der Waals surface area contributed by atoms with Crippen LogP contribution in [0.15, 0.2) is 60.8 Å². The van der Waals surface area contributed by atoms with E-state index in [9.17, 15) is 4.39 Å². The molecular weight excluding hydrogens is 341 g/mol. The first-order valence-electron chi connectivity index (χ1n) is 7.98. The number of hydrogen-bond acceptors (Lipinski definition) is 3. The Morgan fingerprint density at radius 3 is 2.84 bits per heavy atom. The molecule has 2 aromatic carbocycles. The second-order valence-electron chi connectivity index (χ2n) is 5.95. The molecule has 5 heteroatoms. The van der Waals surface area contributed by atoms with Crippen molar-refractivity contribution in [3.63, 3.8) is 0 Å². The molecule has 1 aliphatic heterocycles. The molecule has 0 amide bonds. The van der Waals surface area contributed by atoms with E-state index in [1.54, 1.807) is 24.3 Å². The lowest BCUT2D eigenvalue weighted by atomic mass is 9.90. The quantitative estimate of drug-likeness (QED) is 0.631. The molecule has 25 heavy (non-hydrogen) atoms. The number of ether oxygens (including phenoxy) is 2. The summed E-state index contributed by atoms with van der Waals surface area (Å²) < 4.78 is 25.0. The highest BCUT2D eigenvalue weighted by molar-refractivity contribution is 6.30. The molecule has 1 aliphatic rings. The Hall–Kier alpha value is -2.59. The second-order valence-corrected chi connectivity index (χ2v) is 6.39. The van der Waals surface area contributed by atoms with Crippen LogP contribution in [0.4, 0.5) is 4.39 Å². The molecule has 0 spiro atoms. The average molecular weight is 356 g/mol. The number of nitrogens with zero attached hydrogens (tertiary/aromatic N) is 1. The van der Waals surface area contributed by atoms with Crippen LogP contribution >= 0.6 is 11.6 Å². The molecule has 0 saturated carbocycles. The van der Waals surface area contributed by atoms with Crippen molar-refractivity contribution >= 4 is 11.6 Å². The first-order chi connectivity index (χ1) is 12.2. The van der Waals surface area contributed by atoms with E-state index in [1.165, 1.54) is 12.3 Å². The van der Waals surface area contributed by atoms with Crippen LogP contribution in [0.2, 0.25) is 5.02 Å². The summed E-state index contributed by atoms with van der Waals surface area (Å²) in [5.74, 6) is 1.84. The van der Waals surface area contributed by atoms with Gasteiger partial charge in [-0.15, -0.1) is 0 Å². The van der Waals surface area contributed by atoms with E-state index < -0.39 is 0 Å². The van der Waals surface area contributed by atoms with Gasteiger partial charge >= 0.3 is 0 Å². The van der Waals surface area contributed by atoms with E-state index in [4.69, 9.17) is 21.1 Å². The van der Waals surface area contributed by atoms with E-state index >= 15 is 0 Å². The minimum Gasteiger partial charge on any atom is -0.493 e. The first-order valence-corrected chi connectivity index (χ1v) is 8.36. The smallest absolute Gasteiger partial charge is 0.219 e. The summed E-state index contributed by atoms with van der Waals surface area (Å²) in [6.45, 7) is 0.513. The third-order valence-electron chi connectivity index (χ3n) is 4.19. The molecule has 0 bridgehead atoms. The standard InChI is InChI=1S/C20H15ClFNO2/c21-16-5-7-20(23-11-16)25-18-6-4-14-8-15(12-24-19(14)10-18)13-2-1-3-17(22)9-13/h1-7,9-11,15H,8,12H2. The molecule has 4 rings (SSSR count). The van der Waals surface area contributed by atoms with Crippen molar-refractivity contribution in [2.45, 2.75) is 12.3 Å². The van der Waals surface area contributed by atoms with Gasteiger partial charge in [-0.2, -0.15) is 0 Å². The summed E-state index contributed by atoms with van der Waals surface area (Å²) in [6.07, 6.45) is 2.34. The van der Waals surface area contributed by atoms with Crippen molar-refractivity contribution in [3.8, 4) is 17.4 Å². The predicted octanol–water partition coefficient (Wildman–Crippen LogP) is 5.39. The van der Waals surface area contributed by atoms with Gasteiger partial charge in [-0.1, -0.05) is 29.8 Å². The van der Waals surface area contributed by atoms with Crippen molar-refractivity contribution in [1.82, 2.24) is 4.98 Å². The van der Waals surface area contributed by atoms with E-state index in [0.29, 0.717) is 23.3 Å². The van der Waals surface area contributed by atoms with Gasteiger partial charge < -0.3 is 9.47 Å². The van der Waals surface area contributed by atoms with E-state index in [0.717, 1.165) is 23.3 Å². The average Bonchev–Trinajstić information content (AvgIpc) is 2.63. The molecule has 0 fully saturated rings. The predicted molar refractivity (Wildman–Crippen MR) is 94.1 cm³/mol. The Balaban J connectivity index is 1.52. The number of halogens is 2. The maximum absolute atomic E-state index is 13.4. The number of pyridine rings is 1. The van der Waals surface area contributed by atoms with E-state index in [1.807, 2.05) is 24.3 Å². The Labute approximate surface area is 150 Å². The van der Waals surface area contributed by atoms with Crippen LogP contribution in [0.25, 0.3) is 0 Å². The van der Waals surface area contributed by atoms with Gasteiger partial charge in [0, 0.05) is 24.2 Å². The lowest BCUT2D eigenvalue weighted by molar-refractivity contribution is 0.261. The van der Waals surface area contributed by atoms with Crippen molar-refractivity contribution in [3.05, 3.63) is 82.8 Å². The zero-order valence-corrected chi connectivity index (χ0v) is 14.0. The summed E-state index contributed by atoms with van der Waals surface area (Å²) in [4.78, 5) is 4.12. The number of rotatable bonds is 3. The van der Waals surface area contributed by atoms with Crippen molar-refractivity contribution in [2.24, 2.45) is 0 Å². The normalized spacial score (nSPS) is 16.0. The third kappa shape index (κ3) is 3.59. The van der Waals surface area contributed by atoms with Gasteiger partial charge in [-0.3, -0.25) is 0 Å².